The molecule has 0 aromatic carbocycles. The average molecular weight is 214 g/mol. The summed E-state index contributed by atoms with van der Waals surface area (Å²) in [7, 11) is 0. The van der Waals surface area contributed by atoms with Gasteiger partial charge in [0.05, 0.1) is 0 Å². The molecule has 0 aromatic rings. The predicted octanol–water partition coefficient (Wildman–Crippen LogP) is 0.686. The molecule has 4 heteroatoms. The molecule has 0 heterocycles. The van der Waals surface area contributed by atoms with Crippen LogP contribution in [0.1, 0.15) is 34.1 Å². The van der Waals surface area contributed by atoms with Gasteiger partial charge in [0.2, 0.25) is 0 Å². The minimum atomic E-state index is -1.47. The van der Waals surface area contributed by atoms with E-state index in [2.05, 4.69) is 0 Å². The Kier molecular flexibility index (Phi) is 4.62. The highest BCUT2D eigenvalue weighted by Gasteiger charge is 2.46. The van der Waals surface area contributed by atoms with E-state index >= 15 is 0 Å². The van der Waals surface area contributed by atoms with Crippen molar-refractivity contribution in [2.45, 2.75) is 39.8 Å². The number of nitrogens with two attached hydrogens (primary N) is 2. The average Bonchev–Trinajstić information content (AvgIpc) is 2.17. The first-order valence-corrected chi connectivity index (χ1v) is 5.24. The molecule has 0 amide bonds. The van der Waals surface area contributed by atoms with Crippen molar-refractivity contribution in [1.29, 1.82) is 0 Å². The maximum atomic E-state index is 11.1. The van der Waals surface area contributed by atoms with Crippen LogP contribution in [0.25, 0.3) is 0 Å². The van der Waals surface area contributed by atoms with Gasteiger partial charge >= 0.3 is 0 Å². The molecule has 4 nitrogen and oxygen atoms in total. The third-order valence-corrected chi connectivity index (χ3v) is 3.55. The van der Waals surface area contributed by atoms with E-state index in [0.717, 1.165) is 12.7 Å². The number of hydrogen-bond acceptors (Lipinski definition) is 4. The lowest BCUT2D eigenvalue weighted by Gasteiger charge is -2.42. The molecule has 2 atom stereocenters. The molecule has 0 aliphatic carbocycles. The Morgan fingerprint density at radius 2 is 1.73 bits per heavy atom. The fourth-order valence-corrected chi connectivity index (χ4v) is 1.71. The molecule has 0 fully saturated rings. The van der Waals surface area contributed by atoms with E-state index in [1.807, 2.05) is 13.8 Å². The van der Waals surface area contributed by atoms with Crippen LogP contribution in [-0.4, -0.2) is 18.2 Å². The zero-order valence-corrected chi connectivity index (χ0v) is 9.99. The standard InChI is InChI=1S/C11H22N2O2/c1-5-8(2)9(6-14)10(3,4)11(12,13)7-15/h6-9H,5,12-13H2,1-4H3. The topological polar surface area (TPSA) is 86.2 Å². The van der Waals surface area contributed by atoms with Gasteiger partial charge < -0.3 is 16.3 Å². The highest BCUT2D eigenvalue weighted by Crippen LogP contribution is 2.37. The molecule has 0 rings (SSSR count). The van der Waals surface area contributed by atoms with Crippen LogP contribution in [-0.2, 0) is 9.59 Å². The molecule has 15 heavy (non-hydrogen) atoms. The summed E-state index contributed by atoms with van der Waals surface area (Å²) in [4.78, 5) is 21.9. The summed E-state index contributed by atoms with van der Waals surface area (Å²) in [5.41, 5.74) is 9.21. The largest absolute Gasteiger partial charge is 0.307 e. The van der Waals surface area contributed by atoms with Crippen LogP contribution in [0.3, 0.4) is 0 Å². The Morgan fingerprint density at radius 1 is 1.27 bits per heavy atom. The highest BCUT2D eigenvalue weighted by atomic mass is 16.1. The summed E-state index contributed by atoms with van der Waals surface area (Å²) in [6.45, 7) is 7.47. The maximum absolute atomic E-state index is 11.1. The van der Waals surface area contributed by atoms with Crippen LogP contribution in [0, 0.1) is 17.3 Å². The molecule has 0 bridgehead atoms. The molecule has 88 valence electrons. The summed E-state index contributed by atoms with van der Waals surface area (Å²) in [6, 6.07) is 0. The van der Waals surface area contributed by atoms with Crippen LogP contribution in [0.15, 0.2) is 0 Å². The van der Waals surface area contributed by atoms with Gasteiger partial charge in [-0.05, 0) is 5.92 Å². The molecule has 2 unspecified atom stereocenters. The van der Waals surface area contributed by atoms with Gasteiger partial charge in [0.15, 0.2) is 6.29 Å². The summed E-state index contributed by atoms with van der Waals surface area (Å²) in [6.07, 6.45) is 2.22. The minimum Gasteiger partial charge on any atom is -0.307 e. The van der Waals surface area contributed by atoms with Gasteiger partial charge in [0.25, 0.3) is 0 Å². The Balaban J connectivity index is 5.13. The molecule has 0 aliphatic heterocycles. The van der Waals surface area contributed by atoms with Gasteiger partial charge in [0.1, 0.15) is 11.9 Å². The fraction of sp³-hybridized carbons (Fsp3) is 0.818. The van der Waals surface area contributed by atoms with Crippen molar-refractivity contribution in [3.05, 3.63) is 0 Å². The lowest BCUT2D eigenvalue weighted by molar-refractivity contribution is -0.124. The summed E-state index contributed by atoms with van der Waals surface area (Å²) in [5, 5.41) is 0. The summed E-state index contributed by atoms with van der Waals surface area (Å²) >= 11 is 0. The zero-order valence-electron chi connectivity index (χ0n) is 9.99. The second-order valence-electron chi connectivity index (χ2n) is 4.82. The Bertz CT molecular complexity index is 237. The van der Waals surface area contributed by atoms with E-state index in [1.165, 1.54) is 0 Å². The quantitative estimate of drug-likeness (QED) is 0.503. The number of carbonyl (C=O) groups is 2. The van der Waals surface area contributed by atoms with Gasteiger partial charge in [-0.25, -0.2) is 0 Å². The highest BCUT2D eigenvalue weighted by molar-refractivity contribution is 5.67. The minimum absolute atomic E-state index is 0.156. The van der Waals surface area contributed by atoms with Crippen molar-refractivity contribution >= 4 is 12.6 Å². The van der Waals surface area contributed by atoms with E-state index in [1.54, 1.807) is 13.8 Å². The van der Waals surface area contributed by atoms with E-state index in [9.17, 15) is 9.59 Å². The third-order valence-electron chi connectivity index (χ3n) is 3.55. The Labute approximate surface area is 91.4 Å². The van der Waals surface area contributed by atoms with Gasteiger partial charge in [-0.15, -0.1) is 0 Å². The van der Waals surface area contributed by atoms with E-state index in [4.69, 9.17) is 11.5 Å². The van der Waals surface area contributed by atoms with Gasteiger partial charge in [0, 0.05) is 11.3 Å². The lowest BCUT2D eigenvalue weighted by Crippen LogP contribution is -2.65. The number of hydrogen-bond donors (Lipinski definition) is 2. The predicted molar refractivity (Wildman–Crippen MR) is 60.0 cm³/mol. The smallest absolute Gasteiger partial charge is 0.154 e. The number of aldehydes is 2. The molecule has 0 radical (unpaired) electrons. The first-order chi connectivity index (χ1) is 6.74. The van der Waals surface area contributed by atoms with E-state index < -0.39 is 11.1 Å². The number of carbonyl (C=O) groups excluding carboxylic acids is 2. The Hall–Kier alpha value is -0.740. The molecule has 0 spiro atoms. The van der Waals surface area contributed by atoms with Gasteiger partial charge in [-0.1, -0.05) is 34.1 Å². The third kappa shape index (κ3) is 2.63. The van der Waals surface area contributed by atoms with Crippen molar-refractivity contribution in [2.75, 3.05) is 0 Å². The molecule has 0 aliphatic rings. The van der Waals surface area contributed by atoms with Crippen LogP contribution in [0.5, 0.6) is 0 Å². The maximum Gasteiger partial charge on any atom is 0.154 e. The second-order valence-corrected chi connectivity index (χ2v) is 4.82. The fourth-order valence-electron chi connectivity index (χ4n) is 1.71. The lowest BCUT2D eigenvalue weighted by atomic mass is 9.65. The summed E-state index contributed by atoms with van der Waals surface area (Å²) < 4.78 is 0. The van der Waals surface area contributed by atoms with Gasteiger partial charge in [-0.3, -0.25) is 4.79 Å². The van der Waals surface area contributed by atoms with Crippen molar-refractivity contribution in [3.63, 3.8) is 0 Å². The summed E-state index contributed by atoms with van der Waals surface area (Å²) in [5.74, 6) is -0.161. The SMILES string of the molecule is CCC(C)C(C=O)C(C)(C)C(N)(N)C=O. The zero-order chi connectivity index (χ0) is 12.3. The molecular weight excluding hydrogens is 192 g/mol. The number of rotatable bonds is 6. The van der Waals surface area contributed by atoms with Crippen LogP contribution < -0.4 is 11.5 Å². The van der Waals surface area contributed by atoms with E-state index in [0.29, 0.717) is 6.29 Å². The van der Waals surface area contributed by atoms with Crippen LogP contribution in [0.4, 0.5) is 0 Å². The van der Waals surface area contributed by atoms with Crippen LogP contribution in [0.2, 0.25) is 0 Å². The van der Waals surface area contributed by atoms with Crippen molar-refractivity contribution < 1.29 is 9.59 Å². The molecule has 0 saturated heterocycles. The van der Waals surface area contributed by atoms with Gasteiger partial charge in [-0.2, -0.15) is 0 Å². The molecule has 0 aromatic heterocycles. The normalized spacial score (nSPS) is 16.9. The molecule has 0 saturated carbocycles. The van der Waals surface area contributed by atoms with Crippen molar-refractivity contribution in [2.24, 2.45) is 28.7 Å². The first kappa shape index (κ1) is 14.3. The van der Waals surface area contributed by atoms with Crippen LogP contribution >= 0.6 is 0 Å². The van der Waals surface area contributed by atoms with Crippen molar-refractivity contribution in [3.8, 4) is 0 Å². The monoisotopic (exact) mass is 214 g/mol. The Morgan fingerprint density at radius 3 is 2.00 bits per heavy atom. The molecular formula is C11H22N2O2. The first-order valence-electron chi connectivity index (χ1n) is 5.24. The van der Waals surface area contributed by atoms with E-state index in [-0.39, 0.29) is 11.8 Å². The second kappa shape index (κ2) is 4.86. The van der Waals surface area contributed by atoms with Crippen molar-refractivity contribution in [1.82, 2.24) is 0 Å². The molecule has 4 N–H and O–H groups in total.